The molecule has 1 amide bonds. The zero-order valence-corrected chi connectivity index (χ0v) is 7.95. The molecule has 0 spiro atoms. The van der Waals surface area contributed by atoms with Gasteiger partial charge in [-0.05, 0) is 4.92 Å². The van der Waals surface area contributed by atoms with Gasteiger partial charge in [-0.1, -0.05) is 11.5 Å². The molecule has 0 aliphatic heterocycles. The molecule has 0 saturated carbocycles. The maximum Gasteiger partial charge on any atom is 0.361 e. The first kappa shape index (κ1) is 10.2. The van der Waals surface area contributed by atoms with Crippen LogP contribution in [-0.2, 0) is 0 Å². The van der Waals surface area contributed by atoms with E-state index < -0.39 is 16.6 Å². The summed E-state index contributed by atoms with van der Waals surface area (Å²) in [4.78, 5) is 24.8. The van der Waals surface area contributed by atoms with Crippen molar-refractivity contribution in [2.45, 2.75) is 0 Å². The van der Waals surface area contributed by atoms with Crippen LogP contribution in [0.25, 0.3) is 5.65 Å². The van der Waals surface area contributed by atoms with Crippen molar-refractivity contribution in [1.29, 1.82) is 0 Å². The van der Waals surface area contributed by atoms with E-state index in [1.165, 1.54) is 18.3 Å². The van der Waals surface area contributed by atoms with Crippen molar-refractivity contribution in [3.05, 3.63) is 34.1 Å². The summed E-state index contributed by atoms with van der Waals surface area (Å²) in [6.07, 6.45) is 1.31. The maximum absolute atomic E-state index is 11.0. The summed E-state index contributed by atoms with van der Waals surface area (Å²) >= 11 is 0. The molecule has 0 bridgehead atoms. The minimum Gasteiger partial charge on any atom is -0.364 e. The highest BCUT2D eigenvalue weighted by Gasteiger charge is 2.25. The van der Waals surface area contributed by atoms with E-state index in [9.17, 15) is 14.9 Å². The first-order valence-electron chi connectivity index (χ1n) is 4.22. The summed E-state index contributed by atoms with van der Waals surface area (Å²) in [6, 6.07) is 2.99. The normalized spacial score (nSPS) is 10.5. The second kappa shape index (κ2) is 3.33. The third kappa shape index (κ3) is 1.40. The Morgan fingerprint density at radius 3 is 2.81 bits per heavy atom. The lowest BCUT2D eigenvalue weighted by atomic mass is 9.99. The number of nitrogens with two attached hydrogens (primary N) is 1. The number of primary amides is 1. The van der Waals surface area contributed by atoms with Crippen molar-refractivity contribution in [2.75, 3.05) is 0 Å². The van der Waals surface area contributed by atoms with Gasteiger partial charge in [-0.25, -0.2) is 0 Å². The number of nitrogens with zero attached hydrogens (tertiary/aromatic N) is 3. The third-order valence-electron chi connectivity index (χ3n) is 2.02. The molecule has 0 saturated heterocycles. The Morgan fingerprint density at radius 1 is 1.56 bits per heavy atom. The van der Waals surface area contributed by atoms with Gasteiger partial charge >= 0.3 is 5.82 Å². The smallest absolute Gasteiger partial charge is 0.361 e. The summed E-state index contributed by atoms with van der Waals surface area (Å²) in [5.41, 5.74) is 5.19. The summed E-state index contributed by atoms with van der Waals surface area (Å²) < 4.78 is 1.12. The number of rotatable bonds is 2. The van der Waals surface area contributed by atoms with Crippen molar-refractivity contribution < 1.29 is 9.72 Å². The number of aromatic nitrogens is 2. The summed E-state index contributed by atoms with van der Waals surface area (Å²) in [6.45, 7) is 0. The maximum atomic E-state index is 11.0. The van der Waals surface area contributed by atoms with Crippen LogP contribution in [0.15, 0.2) is 18.3 Å². The van der Waals surface area contributed by atoms with Crippen LogP contribution in [0, 0.1) is 10.1 Å². The molecule has 0 aromatic carbocycles. The Morgan fingerprint density at radius 2 is 2.25 bits per heavy atom. The van der Waals surface area contributed by atoms with Crippen LogP contribution < -0.4 is 11.2 Å². The van der Waals surface area contributed by atoms with Crippen LogP contribution in [0.2, 0.25) is 0 Å². The van der Waals surface area contributed by atoms with Crippen molar-refractivity contribution in [2.24, 2.45) is 5.73 Å². The molecule has 7 nitrogen and oxygen atoms in total. The summed E-state index contributed by atoms with van der Waals surface area (Å²) in [5, 5.41) is 10.8. The zero-order valence-electron chi connectivity index (χ0n) is 7.95. The number of hydrogen-bond donors (Lipinski definition) is 1. The van der Waals surface area contributed by atoms with Crippen LogP contribution in [0.1, 0.15) is 10.5 Å². The van der Waals surface area contributed by atoms with Crippen LogP contribution >= 0.6 is 0 Å². The average molecular weight is 216 g/mol. The van der Waals surface area contributed by atoms with E-state index in [-0.39, 0.29) is 11.3 Å². The molecule has 0 unspecified atom stereocenters. The van der Waals surface area contributed by atoms with Gasteiger partial charge < -0.3 is 15.8 Å². The van der Waals surface area contributed by atoms with E-state index in [4.69, 9.17) is 13.6 Å². The molecule has 0 aliphatic carbocycles. The van der Waals surface area contributed by atoms with E-state index in [0.29, 0.717) is 5.46 Å². The lowest BCUT2D eigenvalue weighted by Crippen LogP contribution is -2.14. The minimum atomic E-state index is -0.950. The second-order valence-electron chi connectivity index (χ2n) is 3.10. The molecule has 2 aromatic rings. The van der Waals surface area contributed by atoms with E-state index in [1.807, 2.05) is 0 Å². The van der Waals surface area contributed by atoms with Crippen LogP contribution in [0.3, 0.4) is 0 Å². The molecule has 78 valence electrons. The molecule has 0 fully saturated rings. The summed E-state index contributed by atoms with van der Waals surface area (Å²) in [7, 11) is 5.49. The van der Waals surface area contributed by atoms with Crippen LogP contribution in [-0.4, -0.2) is 28.1 Å². The molecule has 2 radical (unpaired) electrons. The molecular formula is C8H5BN4O3. The first-order chi connectivity index (χ1) is 7.50. The largest absolute Gasteiger partial charge is 0.364 e. The van der Waals surface area contributed by atoms with Crippen molar-refractivity contribution in [3.8, 4) is 0 Å². The second-order valence-corrected chi connectivity index (χ2v) is 3.10. The Labute approximate surface area is 90.4 Å². The van der Waals surface area contributed by atoms with Gasteiger partial charge in [0.05, 0.1) is 6.20 Å². The van der Waals surface area contributed by atoms with E-state index in [0.717, 1.165) is 4.40 Å². The van der Waals surface area contributed by atoms with Crippen molar-refractivity contribution in [1.82, 2.24) is 9.38 Å². The van der Waals surface area contributed by atoms with Crippen LogP contribution in [0.4, 0.5) is 5.82 Å². The fourth-order valence-electron chi connectivity index (χ4n) is 1.39. The van der Waals surface area contributed by atoms with Crippen molar-refractivity contribution >= 4 is 30.7 Å². The molecule has 2 rings (SSSR count). The van der Waals surface area contributed by atoms with Crippen LogP contribution in [0.5, 0.6) is 0 Å². The Bertz CT molecular complexity index is 607. The molecule has 2 heterocycles. The molecule has 2 aromatic heterocycles. The van der Waals surface area contributed by atoms with E-state index in [1.54, 1.807) is 0 Å². The van der Waals surface area contributed by atoms with Crippen molar-refractivity contribution in [3.63, 3.8) is 0 Å². The highest BCUT2D eigenvalue weighted by atomic mass is 16.6. The fourth-order valence-corrected chi connectivity index (χ4v) is 1.39. The minimum absolute atomic E-state index is 0.245. The van der Waals surface area contributed by atoms with Gasteiger partial charge in [-0.2, -0.15) is 9.38 Å². The molecule has 16 heavy (non-hydrogen) atoms. The number of carbonyl (C=O) groups is 1. The number of nitro groups is 1. The SMILES string of the molecule is [B]c1ccc2nc(C(N)=O)c([N+](=O)[O-])n2c1. The molecule has 8 heteroatoms. The Balaban J connectivity index is 2.88. The van der Waals surface area contributed by atoms with Gasteiger partial charge in [-0.3, -0.25) is 4.79 Å². The lowest BCUT2D eigenvalue weighted by Gasteiger charge is -1.95. The first-order valence-corrected chi connectivity index (χ1v) is 4.22. The molecule has 0 atom stereocenters. The topological polar surface area (TPSA) is 104 Å². The molecule has 0 aliphatic rings. The number of pyridine rings is 1. The van der Waals surface area contributed by atoms with E-state index >= 15 is 0 Å². The number of imidazole rings is 1. The van der Waals surface area contributed by atoms with Gasteiger partial charge in [0.2, 0.25) is 11.3 Å². The monoisotopic (exact) mass is 216 g/mol. The lowest BCUT2D eigenvalue weighted by molar-refractivity contribution is -0.390. The zero-order chi connectivity index (χ0) is 11.9. The summed E-state index contributed by atoms with van der Waals surface area (Å²) in [5.74, 6) is -1.43. The highest BCUT2D eigenvalue weighted by Crippen LogP contribution is 2.19. The quantitative estimate of drug-likeness (QED) is 0.400. The van der Waals surface area contributed by atoms with E-state index in [2.05, 4.69) is 4.98 Å². The standard InChI is InChI=1S/C8H5BN4O3/c9-4-1-2-5-11-6(7(10)14)8(13(15)16)12(5)3-4/h1-3H,(H2,10,14). The van der Waals surface area contributed by atoms with Gasteiger partial charge in [0.15, 0.2) is 0 Å². The number of amides is 1. The van der Waals surface area contributed by atoms with Gasteiger partial charge in [0.25, 0.3) is 5.91 Å². The molecule has 2 N–H and O–H groups in total. The van der Waals surface area contributed by atoms with Gasteiger partial charge in [0.1, 0.15) is 7.85 Å². The molecular weight excluding hydrogens is 211 g/mol. The number of fused-ring (bicyclic) bond motifs is 1. The Kier molecular flexibility index (Phi) is 2.12. The average Bonchev–Trinajstić information content (AvgIpc) is 2.55. The fraction of sp³-hybridized carbons (Fsp3) is 0. The highest BCUT2D eigenvalue weighted by molar-refractivity contribution is 6.32. The predicted octanol–water partition coefficient (Wildman–Crippen LogP) is -0.865. The predicted molar refractivity (Wildman–Crippen MR) is 55.8 cm³/mol. The third-order valence-corrected chi connectivity index (χ3v) is 2.02. The van der Waals surface area contributed by atoms with Gasteiger partial charge in [-0.15, -0.1) is 0 Å². The van der Waals surface area contributed by atoms with Gasteiger partial charge in [0, 0.05) is 6.07 Å². The number of hydrogen-bond acceptors (Lipinski definition) is 4. The Hall–Kier alpha value is -2.38. The number of carbonyl (C=O) groups excluding carboxylic acids is 1.